The number of hydrogen-bond acceptors (Lipinski definition) is 2. The topological polar surface area (TPSA) is 86.1 Å². The molecule has 1 N–H and O–H groups in total. The lowest BCUT2D eigenvalue weighted by Gasteiger charge is -1.92. The van der Waals surface area contributed by atoms with Gasteiger partial charge >= 0.3 is 5.97 Å². The molecule has 0 atom stereocenters. The highest BCUT2D eigenvalue weighted by Gasteiger charge is 1.96. The summed E-state index contributed by atoms with van der Waals surface area (Å²) < 4.78 is 0. The van der Waals surface area contributed by atoms with Gasteiger partial charge in [0.1, 0.15) is 0 Å². The molecule has 66 valence electrons. The van der Waals surface area contributed by atoms with Crippen LogP contribution in [-0.4, -0.2) is 17.6 Å². The molecule has 12 heavy (non-hydrogen) atoms. The molecule has 0 radical (unpaired) electrons. The molecule has 0 rings (SSSR count). The summed E-state index contributed by atoms with van der Waals surface area (Å²) >= 11 is 0. The molecule has 0 aromatic heterocycles. The van der Waals surface area contributed by atoms with Gasteiger partial charge in [-0.25, -0.2) is 4.79 Å². The number of unbranched alkanes of at least 4 members (excludes halogenated alkanes) is 1. The molecule has 0 aliphatic carbocycles. The molecule has 0 bridgehead atoms. The van der Waals surface area contributed by atoms with Crippen molar-refractivity contribution in [3.8, 4) is 0 Å². The lowest BCUT2D eigenvalue weighted by atomic mass is 10.2. The quantitative estimate of drug-likeness (QED) is 0.224. The normalized spacial score (nSPS) is 10.6. The largest absolute Gasteiger partial charge is 0.478 e. The molecule has 0 saturated carbocycles. The first kappa shape index (κ1) is 10.5. The molecule has 0 aromatic rings. The Morgan fingerprint density at radius 1 is 1.75 bits per heavy atom. The number of rotatable bonds is 5. The van der Waals surface area contributed by atoms with Gasteiger partial charge in [-0.15, -0.1) is 0 Å². The van der Waals surface area contributed by atoms with Gasteiger partial charge in [0, 0.05) is 17.0 Å². The van der Waals surface area contributed by atoms with Crippen LogP contribution in [-0.2, 0) is 4.79 Å². The Kier molecular flexibility index (Phi) is 5.47. The van der Waals surface area contributed by atoms with Crippen LogP contribution in [0.2, 0.25) is 0 Å². The van der Waals surface area contributed by atoms with Gasteiger partial charge in [0.05, 0.1) is 0 Å². The fourth-order valence-corrected chi connectivity index (χ4v) is 0.613. The van der Waals surface area contributed by atoms with Crippen molar-refractivity contribution in [1.29, 1.82) is 0 Å². The summed E-state index contributed by atoms with van der Waals surface area (Å²) in [6.07, 6.45) is 2.95. The molecule has 5 heteroatoms. The van der Waals surface area contributed by atoms with E-state index in [4.69, 9.17) is 10.6 Å². The standard InChI is InChI=1S/C7H11N3O2/c1-6(7(11)12)4-2-3-5-9-10-8/h4H,2-3,5H2,1H3,(H,11,12). The molecule has 0 spiro atoms. The van der Waals surface area contributed by atoms with E-state index in [1.54, 1.807) is 6.08 Å². The number of nitrogens with zero attached hydrogens (tertiary/aromatic N) is 3. The summed E-state index contributed by atoms with van der Waals surface area (Å²) in [6.45, 7) is 1.95. The Bertz CT molecular complexity index is 229. The van der Waals surface area contributed by atoms with E-state index in [1.807, 2.05) is 0 Å². The fraction of sp³-hybridized carbons (Fsp3) is 0.571. The summed E-state index contributed by atoms with van der Waals surface area (Å²) in [4.78, 5) is 12.8. The number of allylic oxidation sites excluding steroid dienone is 1. The van der Waals surface area contributed by atoms with E-state index in [0.717, 1.165) is 0 Å². The van der Waals surface area contributed by atoms with E-state index in [-0.39, 0.29) is 0 Å². The van der Waals surface area contributed by atoms with Gasteiger partial charge in [-0.05, 0) is 25.3 Å². The average Bonchev–Trinajstić information content (AvgIpc) is 2.03. The molecule has 0 unspecified atom stereocenters. The van der Waals surface area contributed by atoms with E-state index < -0.39 is 5.97 Å². The van der Waals surface area contributed by atoms with Crippen LogP contribution >= 0.6 is 0 Å². The van der Waals surface area contributed by atoms with E-state index in [0.29, 0.717) is 25.0 Å². The van der Waals surface area contributed by atoms with Crippen LogP contribution in [0.25, 0.3) is 10.4 Å². The third kappa shape index (κ3) is 5.32. The Hall–Kier alpha value is -1.48. The molecule has 0 fully saturated rings. The van der Waals surface area contributed by atoms with Crippen LogP contribution in [0.3, 0.4) is 0 Å². The summed E-state index contributed by atoms with van der Waals surface area (Å²) in [5, 5.41) is 11.8. The van der Waals surface area contributed by atoms with Crippen molar-refractivity contribution >= 4 is 5.97 Å². The van der Waals surface area contributed by atoms with E-state index in [1.165, 1.54) is 6.92 Å². The Morgan fingerprint density at radius 2 is 2.42 bits per heavy atom. The summed E-state index contributed by atoms with van der Waals surface area (Å²) in [5.74, 6) is -0.904. The van der Waals surface area contributed by atoms with Crippen LogP contribution in [0.5, 0.6) is 0 Å². The van der Waals surface area contributed by atoms with Crippen molar-refractivity contribution in [2.75, 3.05) is 6.54 Å². The Morgan fingerprint density at radius 3 is 2.92 bits per heavy atom. The van der Waals surface area contributed by atoms with Gasteiger partial charge in [-0.3, -0.25) is 0 Å². The predicted octanol–water partition coefficient (Wildman–Crippen LogP) is 2.11. The third-order valence-electron chi connectivity index (χ3n) is 1.31. The minimum Gasteiger partial charge on any atom is -0.478 e. The SMILES string of the molecule is CC(=CCCCN=[N+]=[N-])C(=O)O. The number of carboxylic acids is 1. The Balaban J connectivity index is 3.60. The van der Waals surface area contributed by atoms with Gasteiger partial charge in [0.2, 0.25) is 0 Å². The molecular formula is C7H11N3O2. The van der Waals surface area contributed by atoms with E-state index in [2.05, 4.69) is 10.0 Å². The van der Waals surface area contributed by atoms with Gasteiger partial charge < -0.3 is 5.11 Å². The highest BCUT2D eigenvalue weighted by Crippen LogP contribution is 1.98. The number of azide groups is 1. The highest BCUT2D eigenvalue weighted by molar-refractivity contribution is 5.85. The minimum absolute atomic E-state index is 0.330. The monoisotopic (exact) mass is 169 g/mol. The third-order valence-corrected chi connectivity index (χ3v) is 1.31. The van der Waals surface area contributed by atoms with Crippen LogP contribution in [0.15, 0.2) is 16.8 Å². The van der Waals surface area contributed by atoms with Gasteiger partial charge in [0.15, 0.2) is 0 Å². The summed E-state index contributed by atoms with van der Waals surface area (Å²) in [6, 6.07) is 0. The van der Waals surface area contributed by atoms with Crippen LogP contribution in [0.4, 0.5) is 0 Å². The van der Waals surface area contributed by atoms with E-state index >= 15 is 0 Å². The molecule has 0 amide bonds. The van der Waals surface area contributed by atoms with Crippen molar-refractivity contribution in [1.82, 2.24) is 0 Å². The second kappa shape index (κ2) is 6.24. The van der Waals surface area contributed by atoms with Crippen molar-refractivity contribution < 1.29 is 9.90 Å². The van der Waals surface area contributed by atoms with Crippen LogP contribution < -0.4 is 0 Å². The number of aliphatic carboxylic acids is 1. The average molecular weight is 169 g/mol. The molecule has 0 aliphatic rings. The summed E-state index contributed by atoms with van der Waals surface area (Å²) in [5.41, 5.74) is 8.24. The van der Waals surface area contributed by atoms with Crippen molar-refractivity contribution in [3.63, 3.8) is 0 Å². The summed E-state index contributed by atoms with van der Waals surface area (Å²) in [7, 11) is 0. The van der Waals surface area contributed by atoms with Crippen molar-refractivity contribution in [2.45, 2.75) is 19.8 Å². The van der Waals surface area contributed by atoms with Crippen molar-refractivity contribution in [2.24, 2.45) is 5.11 Å². The fourth-order valence-electron chi connectivity index (χ4n) is 0.613. The smallest absolute Gasteiger partial charge is 0.330 e. The second-order valence-corrected chi connectivity index (χ2v) is 2.29. The zero-order valence-electron chi connectivity index (χ0n) is 6.90. The van der Waals surface area contributed by atoms with E-state index in [9.17, 15) is 4.79 Å². The number of carbonyl (C=O) groups is 1. The zero-order valence-corrected chi connectivity index (χ0v) is 6.90. The van der Waals surface area contributed by atoms with Gasteiger partial charge in [0.25, 0.3) is 0 Å². The van der Waals surface area contributed by atoms with Crippen LogP contribution in [0.1, 0.15) is 19.8 Å². The molecule has 0 aliphatic heterocycles. The number of carboxylic acid groups (broad SMARTS) is 1. The lowest BCUT2D eigenvalue weighted by molar-refractivity contribution is -0.132. The lowest BCUT2D eigenvalue weighted by Crippen LogP contribution is -1.95. The minimum atomic E-state index is -0.904. The maximum absolute atomic E-state index is 10.3. The molecule has 0 aromatic carbocycles. The molecular weight excluding hydrogens is 158 g/mol. The highest BCUT2D eigenvalue weighted by atomic mass is 16.4. The number of hydrogen-bond donors (Lipinski definition) is 1. The zero-order chi connectivity index (χ0) is 9.40. The Labute approximate surface area is 70.3 Å². The van der Waals surface area contributed by atoms with Gasteiger partial charge in [-0.1, -0.05) is 11.2 Å². The predicted molar refractivity (Wildman–Crippen MR) is 44.6 cm³/mol. The van der Waals surface area contributed by atoms with Crippen LogP contribution in [0, 0.1) is 0 Å². The van der Waals surface area contributed by atoms with Crippen molar-refractivity contribution in [3.05, 3.63) is 22.1 Å². The molecule has 0 heterocycles. The molecule has 5 nitrogen and oxygen atoms in total. The first-order valence-electron chi connectivity index (χ1n) is 3.59. The maximum Gasteiger partial charge on any atom is 0.330 e. The van der Waals surface area contributed by atoms with Gasteiger partial charge in [-0.2, -0.15) is 0 Å². The first-order valence-corrected chi connectivity index (χ1v) is 3.59. The maximum atomic E-state index is 10.3. The first-order chi connectivity index (χ1) is 5.68. The second-order valence-electron chi connectivity index (χ2n) is 2.29. The molecule has 0 saturated heterocycles.